The third-order valence-electron chi connectivity index (χ3n) is 4.27. The second kappa shape index (κ2) is 5.56. The van der Waals surface area contributed by atoms with Crippen molar-refractivity contribution in [3.05, 3.63) is 33.8 Å². The molecule has 108 valence electrons. The summed E-state index contributed by atoms with van der Waals surface area (Å²) >= 11 is 3.42. The van der Waals surface area contributed by atoms with Crippen molar-refractivity contribution in [2.75, 3.05) is 13.1 Å². The molecule has 1 aliphatic heterocycles. The molecule has 1 heterocycles. The monoisotopic (exact) mass is 339 g/mol. The summed E-state index contributed by atoms with van der Waals surface area (Å²) in [6, 6.07) is 5.50. The topological polar surface area (TPSA) is 57.6 Å². The van der Waals surface area contributed by atoms with Crippen LogP contribution >= 0.6 is 15.9 Å². The molecule has 1 aliphatic rings. The molecule has 0 aromatic heterocycles. The van der Waals surface area contributed by atoms with Crippen LogP contribution < -0.4 is 0 Å². The Morgan fingerprint density at radius 2 is 2.15 bits per heavy atom. The fourth-order valence-corrected chi connectivity index (χ4v) is 3.04. The minimum Gasteiger partial charge on any atom is -0.481 e. The van der Waals surface area contributed by atoms with Gasteiger partial charge in [-0.25, -0.2) is 0 Å². The molecule has 5 heteroatoms. The zero-order chi connectivity index (χ0) is 14.9. The minimum absolute atomic E-state index is 0.0830. The van der Waals surface area contributed by atoms with Gasteiger partial charge in [0, 0.05) is 23.1 Å². The lowest BCUT2D eigenvalue weighted by molar-refractivity contribution is -0.148. The van der Waals surface area contributed by atoms with Crippen LogP contribution in [0.25, 0.3) is 0 Å². The molecule has 0 bridgehead atoms. The van der Waals surface area contributed by atoms with E-state index in [0.29, 0.717) is 31.5 Å². The van der Waals surface area contributed by atoms with Gasteiger partial charge in [-0.2, -0.15) is 0 Å². The molecule has 1 aromatic rings. The van der Waals surface area contributed by atoms with Gasteiger partial charge in [0.2, 0.25) is 0 Å². The molecule has 0 saturated carbocycles. The average molecular weight is 340 g/mol. The average Bonchev–Trinajstić information content (AvgIpc) is 2.87. The summed E-state index contributed by atoms with van der Waals surface area (Å²) in [5.41, 5.74) is 0.744. The van der Waals surface area contributed by atoms with Crippen LogP contribution in [0.4, 0.5) is 0 Å². The van der Waals surface area contributed by atoms with Crippen LogP contribution in [0.3, 0.4) is 0 Å². The van der Waals surface area contributed by atoms with E-state index in [0.717, 1.165) is 10.0 Å². The van der Waals surface area contributed by atoms with Crippen molar-refractivity contribution < 1.29 is 14.7 Å². The highest BCUT2D eigenvalue weighted by Crippen LogP contribution is 2.35. The smallest absolute Gasteiger partial charge is 0.311 e. The number of hydrogen-bond donors (Lipinski definition) is 1. The minimum atomic E-state index is -0.804. The van der Waals surface area contributed by atoms with E-state index in [2.05, 4.69) is 15.9 Å². The van der Waals surface area contributed by atoms with E-state index in [-0.39, 0.29) is 5.91 Å². The van der Waals surface area contributed by atoms with Crippen molar-refractivity contribution in [2.45, 2.75) is 26.7 Å². The second-order valence-corrected chi connectivity index (χ2v) is 6.18. The Morgan fingerprint density at radius 1 is 1.45 bits per heavy atom. The fraction of sp³-hybridized carbons (Fsp3) is 0.467. The quantitative estimate of drug-likeness (QED) is 0.920. The number of carbonyl (C=O) groups excluding carboxylic acids is 1. The molecule has 0 aliphatic carbocycles. The van der Waals surface area contributed by atoms with Gasteiger partial charge in [0.1, 0.15) is 0 Å². The van der Waals surface area contributed by atoms with E-state index < -0.39 is 11.4 Å². The standard InChI is InChI=1S/C15H18BrNO3/c1-3-15(14(19)20)7-8-17(9-15)13(18)11-5-4-6-12(16)10(11)2/h4-6H,3,7-9H2,1-2H3,(H,19,20). The van der Waals surface area contributed by atoms with Gasteiger partial charge in [-0.15, -0.1) is 0 Å². The molecule has 1 atom stereocenters. The molecule has 0 radical (unpaired) electrons. The Kier molecular flexibility index (Phi) is 4.18. The number of halogens is 1. The number of rotatable bonds is 3. The lowest BCUT2D eigenvalue weighted by Crippen LogP contribution is -2.36. The van der Waals surface area contributed by atoms with Crippen molar-refractivity contribution in [2.24, 2.45) is 5.41 Å². The molecule has 1 saturated heterocycles. The van der Waals surface area contributed by atoms with Gasteiger partial charge in [0.05, 0.1) is 5.41 Å². The Morgan fingerprint density at radius 3 is 2.70 bits per heavy atom. The third kappa shape index (κ3) is 2.46. The van der Waals surface area contributed by atoms with Crippen molar-refractivity contribution in [1.29, 1.82) is 0 Å². The van der Waals surface area contributed by atoms with Gasteiger partial charge in [0.25, 0.3) is 5.91 Å². The molecular formula is C15H18BrNO3. The lowest BCUT2D eigenvalue weighted by Gasteiger charge is -2.23. The van der Waals surface area contributed by atoms with Gasteiger partial charge in [-0.1, -0.05) is 28.9 Å². The number of benzene rings is 1. The summed E-state index contributed by atoms with van der Waals surface area (Å²) in [4.78, 5) is 25.7. The van der Waals surface area contributed by atoms with Gasteiger partial charge in [0.15, 0.2) is 0 Å². The Labute approximate surface area is 126 Å². The summed E-state index contributed by atoms with van der Waals surface area (Å²) in [7, 11) is 0. The van der Waals surface area contributed by atoms with Crippen molar-refractivity contribution in [1.82, 2.24) is 4.90 Å². The van der Waals surface area contributed by atoms with E-state index in [1.165, 1.54) is 0 Å². The maximum atomic E-state index is 12.6. The Hall–Kier alpha value is -1.36. The van der Waals surface area contributed by atoms with Crippen LogP contribution in [-0.4, -0.2) is 35.0 Å². The molecule has 1 unspecified atom stereocenters. The number of carbonyl (C=O) groups is 2. The highest BCUT2D eigenvalue weighted by atomic mass is 79.9. The first kappa shape index (κ1) is 15.0. The molecule has 1 fully saturated rings. The molecule has 2 rings (SSSR count). The summed E-state index contributed by atoms with van der Waals surface area (Å²) in [6.45, 7) is 4.55. The highest BCUT2D eigenvalue weighted by molar-refractivity contribution is 9.10. The maximum absolute atomic E-state index is 12.6. The fourth-order valence-electron chi connectivity index (χ4n) is 2.67. The number of hydrogen-bond acceptors (Lipinski definition) is 2. The van der Waals surface area contributed by atoms with Crippen LogP contribution in [0.5, 0.6) is 0 Å². The molecule has 1 amide bonds. The number of carboxylic acid groups (broad SMARTS) is 1. The number of aliphatic carboxylic acids is 1. The normalized spacial score (nSPS) is 22.1. The first-order chi connectivity index (χ1) is 9.41. The number of likely N-dealkylation sites (tertiary alicyclic amines) is 1. The van der Waals surface area contributed by atoms with Crippen LogP contribution in [0.1, 0.15) is 35.7 Å². The van der Waals surface area contributed by atoms with Gasteiger partial charge >= 0.3 is 5.97 Å². The van der Waals surface area contributed by atoms with Crippen LogP contribution in [0.15, 0.2) is 22.7 Å². The van der Waals surface area contributed by atoms with Crippen molar-refractivity contribution in [3.8, 4) is 0 Å². The summed E-state index contributed by atoms with van der Waals surface area (Å²) < 4.78 is 0.891. The third-order valence-corrected chi connectivity index (χ3v) is 5.13. The Balaban J connectivity index is 2.24. The number of amides is 1. The number of carboxylic acids is 1. The maximum Gasteiger partial charge on any atom is 0.311 e. The predicted molar refractivity (Wildman–Crippen MR) is 79.8 cm³/mol. The van der Waals surface area contributed by atoms with Crippen molar-refractivity contribution >= 4 is 27.8 Å². The number of nitrogens with zero attached hydrogens (tertiary/aromatic N) is 1. The van der Waals surface area contributed by atoms with E-state index >= 15 is 0 Å². The molecular weight excluding hydrogens is 322 g/mol. The highest BCUT2D eigenvalue weighted by Gasteiger charge is 2.44. The molecule has 4 nitrogen and oxygen atoms in total. The lowest BCUT2D eigenvalue weighted by atomic mass is 9.84. The van der Waals surface area contributed by atoms with Crippen LogP contribution in [-0.2, 0) is 4.79 Å². The van der Waals surface area contributed by atoms with Crippen LogP contribution in [0.2, 0.25) is 0 Å². The Bertz CT molecular complexity index is 558. The summed E-state index contributed by atoms with van der Waals surface area (Å²) in [5.74, 6) is -0.887. The molecule has 0 spiro atoms. The van der Waals surface area contributed by atoms with Gasteiger partial charge < -0.3 is 10.0 Å². The molecule has 1 aromatic carbocycles. The summed E-state index contributed by atoms with van der Waals surface area (Å²) in [6.07, 6.45) is 1.07. The van der Waals surface area contributed by atoms with E-state index in [9.17, 15) is 14.7 Å². The van der Waals surface area contributed by atoms with Crippen LogP contribution in [0, 0.1) is 12.3 Å². The van der Waals surface area contributed by atoms with Gasteiger partial charge in [-0.3, -0.25) is 9.59 Å². The van der Waals surface area contributed by atoms with E-state index in [4.69, 9.17) is 0 Å². The molecule has 1 N–H and O–H groups in total. The SMILES string of the molecule is CCC1(C(=O)O)CCN(C(=O)c2cccc(Br)c2C)C1. The van der Waals surface area contributed by atoms with E-state index in [1.54, 1.807) is 11.0 Å². The summed E-state index contributed by atoms with van der Waals surface area (Å²) in [5, 5.41) is 9.39. The second-order valence-electron chi connectivity index (χ2n) is 5.33. The first-order valence-electron chi connectivity index (χ1n) is 6.69. The van der Waals surface area contributed by atoms with Gasteiger partial charge in [-0.05, 0) is 37.5 Å². The van der Waals surface area contributed by atoms with Crippen molar-refractivity contribution in [3.63, 3.8) is 0 Å². The first-order valence-corrected chi connectivity index (χ1v) is 7.48. The molecule has 20 heavy (non-hydrogen) atoms. The zero-order valence-corrected chi connectivity index (χ0v) is 13.2. The largest absolute Gasteiger partial charge is 0.481 e. The predicted octanol–water partition coefficient (Wildman–Crippen LogP) is 3.08. The zero-order valence-electron chi connectivity index (χ0n) is 11.6. The van der Waals surface area contributed by atoms with E-state index in [1.807, 2.05) is 26.0 Å².